The van der Waals surface area contributed by atoms with E-state index in [0.717, 1.165) is 16.5 Å². The van der Waals surface area contributed by atoms with Crippen molar-refractivity contribution >= 4 is 27.7 Å². The first kappa shape index (κ1) is 14.8. The van der Waals surface area contributed by atoms with Crippen LogP contribution < -0.4 is 4.72 Å². The highest BCUT2D eigenvalue weighted by Crippen LogP contribution is 2.11. The predicted octanol–water partition coefficient (Wildman–Crippen LogP) is 3.43. The number of sulfonamides is 1. The van der Waals surface area contributed by atoms with Crippen molar-refractivity contribution in [3.8, 4) is 0 Å². The highest BCUT2D eigenvalue weighted by molar-refractivity contribution is 7.92. The molecule has 1 N–H and O–H groups in total. The summed E-state index contributed by atoms with van der Waals surface area (Å²) in [4.78, 5) is 0. The predicted molar refractivity (Wildman–Crippen MR) is 82.7 cm³/mol. The summed E-state index contributed by atoms with van der Waals surface area (Å²) in [5, 5.41) is 1.77. The smallest absolute Gasteiger partial charge is 0.208 e. The van der Waals surface area contributed by atoms with Crippen LogP contribution in [0.25, 0.3) is 6.08 Å². The first-order valence-corrected chi connectivity index (χ1v) is 7.95. The Morgan fingerprint density at radius 1 is 1.00 bits per heavy atom. The number of hydrogen-bond acceptors (Lipinski definition) is 2. The van der Waals surface area contributed by atoms with Crippen LogP contribution in [0.1, 0.15) is 11.1 Å². The molecule has 2 aromatic carbocycles. The topological polar surface area (TPSA) is 46.2 Å². The lowest BCUT2D eigenvalue weighted by atomic mass is 10.2. The molecule has 3 nitrogen and oxygen atoms in total. The minimum Gasteiger partial charge on any atom is -0.208 e. The molecule has 0 unspecified atom stereocenters. The molecule has 0 aliphatic heterocycles. The number of nitrogens with one attached hydrogen (secondary N) is 1. The molecule has 0 atom stereocenters. The quantitative estimate of drug-likeness (QED) is 0.920. The SMILES string of the molecule is O=S(=O)(/C=C/c1ccc(Cl)cc1)NCc1ccccc1. The zero-order chi connectivity index (χ0) is 14.4. The summed E-state index contributed by atoms with van der Waals surface area (Å²) >= 11 is 5.76. The van der Waals surface area contributed by atoms with E-state index < -0.39 is 10.0 Å². The van der Waals surface area contributed by atoms with E-state index in [0.29, 0.717) is 5.02 Å². The molecular weight excluding hydrogens is 294 g/mol. The van der Waals surface area contributed by atoms with Crippen LogP contribution in [0.5, 0.6) is 0 Å². The van der Waals surface area contributed by atoms with E-state index in [4.69, 9.17) is 11.6 Å². The Labute approximate surface area is 124 Å². The molecule has 104 valence electrons. The maximum atomic E-state index is 11.8. The van der Waals surface area contributed by atoms with E-state index in [2.05, 4.69) is 4.72 Å². The lowest BCUT2D eigenvalue weighted by Crippen LogP contribution is -2.20. The molecule has 2 aromatic rings. The van der Waals surface area contributed by atoms with Crippen molar-refractivity contribution in [3.63, 3.8) is 0 Å². The summed E-state index contributed by atoms with van der Waals surface area (Å²) in [6.07, 6.45) is 1.53. The Hall–Kier alpha value is -1.62. The summed E-state index contributed by atoms with van der Waals surface area (Å²) in [5.41, 5.74) is 1.69. The Kier molecular flexibility index (Phi) is 4.95. The lowest BCUT2D eigenvalue weighted by molar-refractivity contribution is 0.591. The molecule has 0 heterocycles. The summed E-state index contributed by atoms with van der Waals surface area (Å²) in [6.45, 7) is 0.272. The molecule has 0 spiro atoms. The Bertz CT molecular complexity index is 680. The van der Waals surface area contributed by atoms with Gasteiger partial charge in [-0.05, 0) is 29.3 Å². The van der Waals surface area contributed by atoms with Crippen molar-refractivity contribution in [2.45, 2.75) is 6.54 Å². The third-order valence-corrected chi connectivity index (χ3v) is 3.92. The molecule has 2 rings (SSSR count). The molecule has 0 aliphatic rings. The van der Waals surface area contributed by atoms with Crippen molar-refractivity contribution in [2.75, 3.05) is 0 Å². The van der Waals surface area contributed by atoms with Crippen LogP contribution in [0.4, 0.5) is 0 Å². The second-order valence-electron chi connectivity index (χ2n) is 4.21. The first-order chi connectivity index (χ1) is 9.55. The maximum Gasteiger partial charge on any atom is 0.234 e. The van der Waals surface area contributed by atoms with Gasteiger partial charge in [-0.1, -0.05) is 54.1 Å². The van der Waals surface area contributed by atoms with E-state index in [1.54, 1.807) is 24.3 Å². The monoisotopic (exact) mass is 307 g/mol. The number of rotatable bonds is 5. The fraction of sp³-hybridized carbons (Fsp3) is 0.0667. The van der Waals surface area contributed by atoms with Gasteiger partial charge in [0, 0.05) is 17.0 Å². The van der Waals surface area contributed by atoms with E-state index in [9.17, 15) is 8.42 Å². The van der Waals surface area contributed by atoms with Gasteiger partial charge in [0.15, 0.2) is 0 Å². The third-order valence-electron chi connectivity index (χ3n) is 2.63. The molecule has 0 radical (unpaired) electrons. The summed E-state index contributed by atoms with van der Waals surface area (Å²) in [6, 6.07) is 16.3. The van der Waals surface area contributed by atoms with Crippen LogP contribution in [-0.2, 0) is 16.6 Å². The Balaban J connectivity index is 1.98. The van der Waals surface area contributed by atoms with Crippen molar-refractivity contribution in [2.24, 2.45) is 0 Å². The Morgan fingerprint density at radius 2 is 1.65 bits per heavy atom. The fourth-order valence-electron chi connectivity index (χ4n) is 1.57. The van der Waals surface area contributed by atoms with Gasteiger partial charge in [-0.2, -0.15) is 0 Å². The molecule has 0 fully saturated rings. The minimum atomic E-state index is -3.45. The van der Waals surface area contributed by atoms with Gasteiger partial charge in [0.05, 0.1) is 0 Å². The highest BCUT2D eigenvalue weighted by atomic mass is 35.5. The zero-order valence-corrected chi connectivity index (χ0v) is 12.2. The van der Waals surface area contributed by atoms with Gasteiger partial charge >= 0.3 is 0 Å². The van der Waals surface area contributed by atoms with Gasteiger partial charge in [0.1, 0.15) is 0 Å². The van der Waals surface area contributed by atoms with Crippen LogP contribution in [-0.4, -0.2) is 8.42 Å². The van der Waals surface area contributed by atoms with E-state index >= 15 is 0 Å². The molecule has 0 aromatic heterocycles. The van der Waals surface area contributed by atoms with Crippen LogP contribution in [0.2, 0.25) is 5.02 Å². The summed E-state index contributed by atoms with van der Waals surface area (Å²) in [7, 11) is -3.45. The maximum absolute atomic E-state index is 11.8. The second-order valence-corrected chi connectivity index (χ2v) is 6.29. The molecule has 0 saturated carbocycles. The number of benzene rings is 2. The number of hydrogen-bond donors (Lipinski definition) is 1. The molecular formula is C15H14ClNO2S. The number of halogens is 1. The van der Waals surface area contributed by atoms with Gasteiger partial charge in [0.25, 0.3) is 0 Å². The Morgan fingerprint density at radius 3 is 2.30 bits per heavy atom. The van der Waals surface area contributed by atoms with Gasteiger partial charge < -0.3 is 0 Å². The minimum absolute atomic E-state index is 0.272. The normalized spacial score (nSPS) is 11.8. The largest absolute Gasteiger partial charge is 0.234 e. The van der Waals surface area contributed by atoms with Gasteiger partial charge in [-0.25, -0.2) is 13.1 Å². The molecule has 0 saturated heterocycles. The van der Waals surface area contributed by atoms with E-state index in [1.165, 1.54) is 6.08 Å². The molecule has 5 heteroatoms. The van der Waals surface area contributed by atoms with Crippen LogP contribution in [0, 0.1) is 0 Å². The van der Waals surface area contributed by atoms with E-state index in [-0.39, 0.29) is 6.54 Å². The van der Waals surface area contributed by atoms with Crippen LogP contribution >= 0.6 is 11.6 Å². The van der Waals surface area contributed by atoms with Gasteiger partial charge in [-0.15, -0.1) is 0 Å². The molecule has 20 heavy (non-hydrogen) atoms. The van der Waals surface area contributed by atoms with Crippen LogP contribution in [0.15, 0.2) is 60.0 Å². The summed E-state index contributed by atoms with van der Waals surface area (Å²) in [5.74, 6) is 0. The van der Waals surface area contributed by atoms with Crippen LogP contribution in [0.3, 0.4) is 0 Å². The fourth-order valence-corrected chi connectivity index (χ4v) is 2.50. The average molecular weight is 308 g/mol. The van der Waals surface area contributed by atoms with Crippen molar-refractivity contribution < 1.29 is 8.42 Å². The third kappa shape index (κ3) is 4.81. The second kappa shape index (κ2) is 6.70. The lowest BCUT2D eigenvalue weighted by Gasteiger charge is -2.02. The van der Waals surface area contributed by atoms with E-state index in [1.807, 2.05) is 30.3 Å². The summed E-state index contributed by atoms with van der Waals surface area (Å²) < 4.78 is 26.2. The standard InChI is InChI=1S/C15H14ClNO2S/c16-15-8-6-13(7-9-15)10-11-20(18,19)17-12-14-4-2-1-3-5-14/h1-11,17H,12H2/b11-10+. The van der Waals surface area contributed by atoms with Crippen molar-refractivity contribution in [1.82, 2.24) is 4.72 Å². The molecule has 0 aliphatic carbocycles. The average Bonchev–Trinajstić information content (AvgIpc) is 2.46. The highest BCUT2D eigenvalue weighted by Gasteiger charge is 2.04. The van der Waals surface area contributed by atoms with Crippen molar-refractivity contribution in [1.29, 1.82) is 0 Å². The van der Waals surface area contributed by atoms with Gasteiger partial charge in [-0.3, -0.25) is 0 Å². The van der Waals surface area contributed by atoms with Crippen molar-refractivity contribution in [3.05, 3.63) is 76.2 Å². The first-order valence-electron chi connectivity index (χ1n) is 6.02. The molecule has 0 amide bonds. The molecule has 0 bridgehead atoms. The van der Waals surface area contributed by atoms with Gasteiger partial charge in [0.2, 0.25) is 10.0 Å². The zero-order valence-electron chi connectivity index (χ0n) is 10.7.